The summed E-state index contributed by atoms with van der Waals surface area (Å²) in [5.74, 6) is 0.842. The summed E-state index contributed by atoms with van der Waals surface area (Å²) in [6.45, 7) is 1.97. The maximum Gasteiger partial charge on any atom is 0.250 e. The van der Waals surface area contributed by atoms with Crippen molar-refractivity contribution in [2.75, 3.05) is 6.61 Å². The number of hydrogen-bond donors (Lipinski definition) is 1. The van der Waals surface area contributed by atoms with Crippen molar-refractivity contribution in [1.29, 1.82) is 0 Å². The van der Waals surface area contributed by atoms with E-state index in [0.717, 1.165) is 18.3 Å². The zero-order valence-corrected chi connectivity index (χ0v) is 12.0. The number of pyridine rings is 1. The summed E-state index contributed by atoms with van der Waals surface area (Å²) in [6.07, 6.45) is 4.39. The van der Waals surface area contributed by atoms with Crippen molar-refractivity contribution in [3.63, 3.8) is 0 Å². The first-order chi connectivity index (χ1) is 10.3. The zero-order valence-electron chi connectivity index (χ0n) is 12.0. The van der Waals surface area contributed by atoms with Gasteiger partial charge in [-0.15, -0.1) is 0 Å². The second kappa shape index (κ2) is 6.59. The van der Waals surface area contributed by atoms with Crippen LogP contribution in [0.1, 0.15) is 18.4 Å². The Kier molecular flexibility index (Phi) is 4.36. The van der Waals surface area contributed by atoms with Gasteiger partial charge in [0.25, 0.3) is 5.56 Å². The van der Waals surface area contributed by atoms with Crippen LogP contribution in [0.2, 0.25) is 0 Å². The summed E-state index contributed by atoms with van der Waals surface area (Å²) in [7, 11) is 0. The molecule has 2 aromatic rings. The molecule has 1 aliphatic rings. The summed E-state index contributed by atoms with van der Waals surface area (Å²) < 4.78 is 7.32. The van der Waals surface area contributed by atoms with Crippen molar-refractivity contribution < 1.29 is 4.74 Å². The van der Waals surface area contributed by atoms with Crippen molar-refractivity contribution in [3.05, 3.63) is 64.6 Å². The first-order valence-electron chi connectivity index (χ1n) is 7.42. The highest BCUT2D eigenvalue weighted by molar-refractivity contribution is 5.27. The molecular formula is C17H20N2O2. The molecule has 0 bridgehead atoms. The van der Waals surface area contributed by atoms with E-state index < -0.39 is 0 Å². The first kappa shape index (κ1) is 13.9. The zero-order chi connectivity index (χ0) is 14.5. The summed E-state index contributed by atoms with van der Waals surface area (Å²) in [6, 6.07) is 14.0. The number of rotatable bonds is 7. The Labute approximate surface area is 124 Å². The van der Waals surface area contributed by atoms with Gasteiger partial charge in [0.15, 0.2) is 0 Å². The van der Waals surface area contributed by atoms with E-state index in [1.165, 1.54) is 18.4 Å². The molecule has 110 valence electrons. The third-order valence-electron chi connectivity index (χ3n) is 3.60. The molecule has 1 aromatic heterocycles. The van der Waals surface area contributed by atoms with Crippen LogP contribution in [-0.2, 0) is 13.1 Å². The van der Waals surface area contributed by atoms with Gasteiger partial charge in [-0.1, -0.05) is 18.2 Å². The van der Waals surface area contributed by atoms with Crippen LogP contribution in [0, 0.1) is 0 Å². The van der Waals surface area contributed by atoms with Gasteiger partial charge in [0.2, 0.25) is 0 Å². The van der Waals surface area contributed by atoms with Gasteiger partial charge < -0.3 is 14.6 Å². The number of nitrogens with one attached hydrogen (secondary N) is 1. The van der Waals surface area contributed by atoms with E-state index in [0.29, 0.717) is 13.2 Å². The fourth-order valence-corrected chi connectivity index (χ4v) is 2.16. The average Bonchev–Trinajstić information content (AvgIpc) is 3.33. The lowest BCUT2D eigenvalue weighted by Crippen LogP contribution is -2.21. The standard InChI is InChI=1S/C17H20N2O2/c20-17-3-1-2-10-19(17)11-12-21-16-8-4-14(5-9-16)13-18-15-6-7-15/h1-5,8-10,15,18H,6-7,11-13H2. The Hall–Kier alpha value is -2.07. The molecular weight excluding hydrogens is 264 g/mol. The van der Waals surface area contributed by atoms with Crippen LogP contribution in [-0.4, -0.2) is 17.2 Å². The fourth-order valence-electron chi connectivity index (χ4n) is 2.16. The minimum absolute atomic E-state index is 0.00241. The SMILES string of the molecule is O=c1ccccn1CCOc1ccc(CNC2CC2)cc1. The molecule has 3 rings (SSSR count). The van der Waals surface area contributed by atoms with Gasteiger partial charge in [0, 0.05) is 24.8 Å². The third-order valence-corrected chi connectivity index (χ3v) is 3.60. The molecule has 1 fully saturated rings. The highest BCUT2D eigenvalue weighted by Gasteiger charge is 2.19. The topological polar surface area (TPSA) is 43.3 Å². The average molecular weight is 284 g/mol. The largest absolute Gasteiger partial charge is 0.492 e. The van der Waals surface area contributed by atoms with Crippen LogP contribution in [0.15, 0.2) is 53.5 Å². The van der Waals surface area contributed by atoms with Crippen molar-refractivity contribution in [2.45, 2.75) is 32.0 Å². The summed E-state index contributed by atoms with van der Waals surface area (Å²) in [5.41, 5.74) is 1.27. The van der Waals surface area contributed by atoms with Gasteiger partial charge in [-0.05, 0) is 36.6 Å². The lowest BCUT2D eigenvalue weighted by atomic mass is 10.2. The first-order valence-corrected chi connectivity index (χ1v) is 7.42. The van der Waals surface area contributed by atoms with Crippen LogP contribution in [0.25, 0.3) is 0 Å². The Morgan fingerprint density at radius 1 is 1.14 bits per heavy atom. The molecule has 0 atom stereocenters. The monoisotopic (exact) mass is 284 g/mol. The predicted octanol–water partition coefficient (Wildman–Crippen LogP) is 2.18. The number of nitrogens with zero attached hydrogens (tertiary/aromatic N) is 1. The van der Waals surface area contributed by atoms with Crippen molar-refractivity contribution in [2.24, 2.45) is 0 Å². The quantitative estimate of drug-likeness (QED) is 0.847. The normalized spacial score (nSPS) is 14.1. The van der Waals surface area contributed by atoms with Gasteiger partial charge >= 0.3 is 0 Å². The molecule has 0 radical (unpaired) electrons. The van der Waals surface area contributed by atoms with Gasteiger partial charge in [-0.2, -0.15) is 0 Å². The fraction of sp³-hybridized carbons (Fsp3) is 0.353. The third kappa shape index (κ3) is 4.20. The number of ether oxygens (including phenoxy) is 1. The van der Waals surface area contributed by atoms with Crippen LogP contribution in [0.4, 0.5) is 0 Å². The molecule has 0 saturated heterocycles. The maximum absolute atomic E-state index is 11.5. The Bertz CT molecular complexity index is 630. The summed E-state index contributed by atoms with van der Waals surface area (Å²) in [4.78, 5) is 11.5. The van der Waals surface area contributed by atoms with E-state index >= 15 is 0 Å². The second-order valence-electron chi connectivity index (χ2n) is 5.38. The molecule has 0 unspecified atom stereocenters. The van der Waals surface area contributed by atoms with Crippen LogP contribution >= 0.6 is 0 Å². The smallest absolute Gasteiger partial charge is 0.250 e. The van der Waals surface area contributed by atoms with E-state index in [1.54, 1.807) is 22.9 Å². The molecule has 1 aliphatic carbocycles. The Morgan fingerprint density at radius 3 is 2.67 bits per heavy atom. The van der Waals surface area contributed by atoms with Crippen LogP contribution in [0.3, 0.4) is 0 Å². The molecule has 0 aliphatic heterocycles. The Morgan fingerprint density at radius 2 is 1.95 bits per heavy atom. The van der Waals surface area contributed by atoms with E-state index in [9.17, 15) is 4.79 Å². The highest BCUT2D eigenvalue weighted by atomic mass is 16.5. The molecule has 1 N–H and O–H groups in total. The van der Waals surface area contributed by atoms with E-state index in [4.69, 9.17) is 4.74 Å². The predicted molar refractivity (Wildman–Crippen MR) is 82.5 cm³/mol. The second-order valence-corrected chi connectivity index (χ2v) is 5.38. The van der Waals surface area contributed by atoms with Gasteiger partial charge in [0.05, 0.1) is 6.54 Å². The molecule has 1 saturated carbocycles. The number of aromatic nitrogens is 1. The summed E-state index contributed by atoms with van der Waals surface area (Å²) in [5, 5.41) is 3.48. The molecule has 21 heavy (non-hydrogen) atoms. The maximum atomic E-state index is 11.5. The van der Waals surface area contributed by atoms with Gasteiger partial charge in [-0.3, -0.25) is 4.79 Å². The molecule has 0 amide bonds. The van der Waals surface area contributed by atoms with Crippen molar-refractivity contribution in [3.8, 4) is 5.75 Å². The van der Waals surface area contributed by atoms with Gasteiger partial charge in [-0.25, -0.2) is 0 Å². The molecule has 0 spiro atoms. The molecule has 1 heterocycles. The van der Waals surface area contributed by atoms with E-state index in [2.05, 4.69) is 17.4 Å². The summed E-state index contributed by atoms with van der Waals surface area (Å²) >= 11 is 0. The van der Waals surface area contributed by atoms with Crippen LogP contribution < -0.4 is 15.6 Å². The lowest BCUT2D eigenvalue weighted by Gasteiger charge is -2.09. The number of hydrogen-bond acceptors (Lipinski definition) is 3. The minimum atomic E-state index is 0.00241. The molecule has 1 aromatic carbocycles. The minimum Gasteiger partial charge on any atom is -0.492 e. The van der Waals surface area contributed by atoms with Crippen molar-refractivity contribution >= 4 is 0 Å². The van der Waals surface area contributed by atoms with Gasteiger partial charge in [0.1, 0.15) is 12.4 Å². The number of benzene rings is 1. The van der Waals surface area contributed by atoms with E-state index in [-0.39, 0.29) is 5.56 Å². The molecule has 4 nitrogen and oxygen atoms in total. The Balaban J connectivity index is 1.46. The van der Waals surface area contributed by atoms with Crippen molar-refractivity contribution in [1.82, 2.24) is 9.88 Å². The van der Waals surface area contributed by atoms with Crippen LogP contribution in [0.5, 0.6) is 5.75 Å². The van der Waals surface area contributed by atoms with E-state index in [1.807, 2.05) is 18.2 Å². The molecule has 4 heteroatoms. The highest BCUT2D eigenvalue weighted by Crippen LogP contribution is 2.19. The lowest BCUT2D eigenvalue weighted by molar-refractivity contribution is 0.296.